The quantitative estimate of drug-likeness (QED) is 0.511. The maximum Gasteiger partial charge on any atom is 0.326 e. The fourth-order valence-electron chi connectivity index (χ4n) is 3.04. The number of benzene rings is 2. The van der Waals surface area contributed by atoms with Crippen LogP contribution in [-0.4, -0.2) is 30.8 Å². The standard InChI is InChI=1S/C20H18FN5O5S/c1-12-9-22-20(24-19(12)28)23-14-7-15(21)18(26-10-17(27)25-32(26,29)30)16(8-14)31-11-13-5-3-2-4-6-13/h2-9H,10-11H2,1H3,(H,25,27)(H2,22,23,24,28). The second kappa shape index (κ2) is 8.30. The molecule has 1 aromatic heterocycles. The first kappa shape index (κ1) is 21.3. The number of hydrogen-bond acceptors (Lipinski definition) is 7. The molecule has 0 radical (unpaired) electrons. The summed E-state index contributed by atoms with van der Waals surface area (Å²) in [5, 5.41) is 2.76. The highest BCUT2D eigenvalue weighted by Crippen LogP contribution is 2.38. The molecule has 10 nitrogen and oxygen atoms in total. The highest BCUT2D eigenvalue weighted by Gasteiger charge is 2.37. The summed E-state index contributed by atoms with van der Waals surface area (Å²) in [5.41, 5.74) is 0.542. The molecule has 1 fully saturated rings. The second-order valence-electron chi connectivity index (χ2n) is 6.98. The molecule has 2 aromatic carbocycles. The molecule has 12 heteroatoms. The van der Waals surface area contributed by atoms with Gasteiger partial charge in [0.1, 0.15) is 24.6 Å². The maximum absolute atomic E-state index is 15.1. The number of halogens is 1. The van der Waals surface area contributed by atoms with Gasteiger partial charge in [0.05, 0.1) is 0 Å². The third-order valence-corrected chi connectivity index (χ3v) is 5.95. The van der Waals surface area contributed by atoms with Crippen LogP contribution in [0.3, 0.4) is 0 Å². The third-order valence-electron chi connectivity index (χ3n) is 4.58. The molecule has 3 N–H and O–H groups in total. The van der Waals surface area contributed by atoms with Crippen LogP contribution in [0, 0.1) is 12.7 Å². The summed E-state index contributed by atoms with van der Waals surface area (Å²) in [6.45, 7) is 1.03. The van der Waals surface area contributed by atoms with Gasteiger partial charge in [-0.1, -0.05) is 30.3 Å². The number of rotatable bonds is 6. The van der Waals surface area contributed by atoms with Crippen molar-refractivity contribution < 1.29 is 22.3 Å². The van der Waals surface area contributed by atoms with Crippen LogP contribution in [0.2, 0.25) is 0 Å². The first-order valence-corrected chi connectivity index (χ1v) is 10.8. The van der Waals surface area contributed by atoms with Gasteiger partial charge in [-0.25, -0.2) is 18.4 Å². The number of aryl methyl sites for hydroxylation is 1. The van der Waals surface area contributed by atoms with Crippen molar-refractivity contribution in [3.05, 3.63) is 76.0 Å². The maximum atomic E-state index is 15.1. The fourth-order valence-corrected chi connectivity index (χ4v) is 4.21. The molecule has 1 aliphatic rings. The summed E-state index contributed by atoms with van der Waals surface area (Å²) >= 11 is 0. The van der Waals surface area contributed by atoms with E-state index in [2.05, 4.69) is 15.3 Å². The Morgan fingerprint density at radius 3 is 2.62 bits per heavy atom. The molecule has 0 spiro atoms. The first-order valence-electron chi connectivity index (χ1n) is 9.39. The van der Waals surface area contributed by atoms with Crippen LogP contribution >= 0.6 is 0 Å². The van der Waals surface area contributed by atoms with E-state index in [1.54, 1.807) is 31.2 Å². The molecule has 1 saturated heterocycles. The number of hydrogen-bond donors (Lipinski definition) is 3. The molecule has 2 heterocycles. The monoisotopic (exact) mass is 459 g/mol. The van der Waals surface area contributed by atoms with Gasteiger partial charge in [-0.2, -0.15) is 8.42 Å². The van der Waals surface area contributed by atoms with E-state index in [0.717, 1.165) is 11.6 Å². The van der Waals surface area contributed by atoms with Crippen molar-refractivity contribution in [2.75, 3.05) is 16.2 Å². The van der Waals surface area contributed by atoms with Gasteiger partial charge in [0.15, 0.2) is 5.82 Å². The molecule has 32 heavy (non-hydrogen) atoms. The van der Waals surface area contributed by atoms with Crippen molar-refractivity contribution in [1.29, 1.82) is 0 Å². The Labute approximate surface area is 182 Å². The fraction of sp³-hybridized carbons (Fsp3) is 0.150. The summed E-state index contributed by atoms with van der Waals surface area (Å²) in [5.74, 6) is -1.80. The van der Waals surface area contributed by atoms with Crippen molar-refractivity contribution in [2.24, 2.45) is 0 Å². The molecule has 166 valence electrons. The number of amides is 1. The predicted molar refractivity (Wildman–Crippen MR) is 114 cm³/mol. The molecule has 0 bridgehead atoms. The first-order chi connectivity index (χ1) is 15.2. The van der Waals surface area contributed by atoms with Gasteiger partial charge >= 0.3 is 10.2 Å². The highest BCUT2D eigenvalue weighted by molar-refractivity contribution is 7.92. The summed E-state index contributed by atoms with van der Waals surface area (Å²) < 4.78 is 47.9. The van der Waals surface area contributed by atoms with E-state index >= 15 is 4.39 Å². The Hall–Kier alpha value is -3.93. The molecule has 0 aliphatic carbocycles. The summed E-state index contributed by atoms with van der Waals surface area (Å²) in [6, 6.07) is 11.4. The summed E-state index contributed by atoms with van der Waals surface area (Å²) in [7, 11) is -4.27. The average Bonchev–Trinajstić information content (AvgIpc) is 3.01. The van der Waals surface area contributed by atoms with Crippen LogP contribution < -0.4 is 24.6 Å². The van der Waals surface area contributed by atoms with Crippen molar-refractivity contribution in [2.45, 2.75) is 13.5 Å². The number of anilines is 3. The number of carbonyl (C=O) groups excluding carboxylic acids is 1. The van der Waals surface area contributed by atoms with E-state index in [1.165, 1.54) is 12.3 Å². The van der Waals surface area contributed by atoms with Gasteiger partial charge in [-0.05, 0) is 18.6 Å². The van der Waals surface area contributed by atoms with E-state index in [-0.39, 0.29) is 29.6 Å². The molecule has 1 amide bonds. The number of aromatic nitrogens is 2. The number of nitrogens with one attached hydrogen (secondary N) is 3. The van der Waals surface area contributed by atoms with E-state index in [0.29, 0.717) is 9.87 Å². The molecule has 1 aliphatic heterocycles. The van der Waals surface area contributed by atoms with Gasteiger partial charge in [0, 0.05) is 23.5 Å². The van der Waals surface area contributed by atoms with Crippen LogP contribution in [0.5, 0.6) is 5.75 Å². The Bertz CT molecular complexity index is 1340. The minimum atomic E-state index is -4.27. The Balaban J connectivity index is 1.73. The van der Waals surface area contributed by atoms with E-state index in [4.69, 9.17) is 4.74 Å². The molecule has 0 saturated carbocycles. The lowest BCUT2D eigenvalue weighted by Crippen LogP contribution is -2.30. The summed E-state index contributed by atoms with van der Waals surface area (Å²) in [4.78, 5) is 30.0. The van der Waals surface area contributed by atoms with E-state index < -0.39 is 34.2 Å². The smallest absolute Gasteiger partial charge is 0.326 e. The molecule has 4 rings (SSSR count). The molecular weight excluding hydrogens is 441 g/mol. The molecule has 0 unspecified atom stereocenters. The van der Waals surface area contributed by atoms with E-state index in [9.17, 15) is 18.0 Å². The third kappa shape index (κ3) is 4.39. The van der Waals surface area contributed by atoms with Crippen LogP contribution in [0.1, 0.15) is 11.1 Å². The van der Waals surface area contributed by atoms with Gasteiger partial charge in [-0.15, -0.1) is 0 Å². The lowest BCUT2D eigenvalue weighted by Gasteiger charge is -2.21. The van der Waals surface area contributed by atoms with Crippen molar-refractivity contribution in [3.63, 3.8) is 0 Å². The summed E-state index contributed by atoms with van der Waals surface area (Å²) in [6.07, 6.45) is 1.35. The SMILES string of the molecule is Cc1cnc(Nc2cc(F)c(N3CC(=O)NS3(=O)=O)c(OCc3ccccc3)c2)[nH]c1=O. The van der Waals surface area contributed by atoms with Crippen molar-refractivity contribution in [1.82, 2.24) is 14.7 Å². The predicted octanol–water partition coefficient (Wildman–Crippen LogP) is 1.72. The topological polar surface area (TPSA) is 133 Å². The normalized spacial score (nSPS) is 14.8. The van der Waals surface area contributed by atoms with Gasteiger partial charge in [0.2, 0.25) is 5.95 Å². The number of carbonyl (C=O) groups is 1. The molecular formula is C20H18FN5O5S. The lowest BCUT2D eigenvalue weighted by atomic mass is 10.2. The molecule has 3 aromatic rings. The Kier molecular flexibility index (Phi) is 5.53. The van der Waals surface area contributed by atoms with Crippen LogP contribution in [0.4, 0.5) is 21.7 Å². The molecule has 0 atom stereocenters. The Morgan fingerprint density at radius 1 is 1.22 bits per heavy atom. The highest BCUT2D eigenvalue weighted by atomic mass is 32.2. The van der Waals surface area contributed by atoms with E-state index in [1.807, 2.05) is 10.8 Å². The zero-order valence-electron chi connectivity index (χ0n) is 16.8. The number of aromatic amines is 1. The minimum absolute atomic E-state index is 0.0195. The zero-order valence-corrected chi connectivity index (χ0v) is 17.6. The van der Waals surface area contributed by atoms with Gasteiger partial charge in [-0.3, -0.25) is 14.6 Å². The Morgan fingerprint density at radius 2 is 1.97 bits per heavy atom. The largest absolute Gasteiger partial charge is 0.487 e. The average molecular weight is 459 g/mol. The number of H-pyrrole nitrogens is 1. The van der Waals surface area contributed by atoms with Gasteiger partial charge < -0.3 is 10.1 Å². The van der Waals surface area contributed by atoms with Crippen LogP contribution in [0.25, 0.3) is 0 Å². The number of ether oxygens (including phenoxy) is 1. The van der Waals surface area contributed by atoms with Crippen LogP contribution in [-0.2, 0) is 21.6 Å². The minimum Gasteiger partial charge on any atom is -0.487 e. The number of nitrogens with zero attached hydrogens (tertiary/aromatic N) is 2. The van der Waals surface area contributed by atoms with Crippen molar-refractivity contribution >= 4 is 33.4 Å². The van der Waals surface area contributed by atoms with Crippen molar-refractivity contribution in [3.8, 4) is 5.75 Å². The second-order valence-corrected chi connectivity index (χ2v) is 8.58. The van der Waals surface area contributed by atoms with Crippen LogP contribution in [0.15, 0.2) is 53.5 Å². The zero-order chi connectivity index (χ0) is 22.9. The van der Waals surface area contributed by atoms with Gasteiger partial charge in [0.25, 0.3) is 11.5 Å². The lowest BCUT2D eigenvalue weighted by molar-refractivity contribution is -0.117.